The zero-order chi connectivity index (χ0) is 17.7. The number of allylic oxidation sites excluding steroid dienone is 2. The summed E-state index contributed by atoms with van der Waals surface area (Å²) in [4.78, 5) is 11.4. The highest BCUT2D eigenvalue weighted by molar-refractivity contribution is 14.1. The number of rotatable bonds is 7. The van der Waals surface area contributed by atoms with Crippen molar-refractivity contribution in [2.75, 3.05) is 0 Å². The van der Waals surface area contributed by atoms with Crippen LogP contribution in [0.5, 0.6) is 0 Å². The number of hydrogen-bond donors (Lipinski definition) is 0. The normalized spacial score (nSPS) is 18.8. The molecule has 0 fully saturated rings. The molecule has 4 heteroatoms. The SMILES string of the molecule is CC(=C\I)/C(C)=C/[C@H](C)[C@H](O[Si](C)(C)C(C)(C)C)[C@H](C)C=O. The van der Waals surface area contributed by atoms with Gasteiger partial charge in [0.05, 0.1) is 6.10 Å². The zero-order valence-electron chi connectivity index (χ0n) is 15.7. The van der Waals surface area contributed by atoms with Crippen LogP contribution in [0.4, 0.5) is 0 Å². The Kier molecular flexibility index (Phi) is 8.80. The molecule has 0 rings (SSSR count). The maximum atomic E-state index is 11.4. The smallest absolute Gasteiger partial charge is 0.192 e. The lowest BCUT2D eigenvalue weighted by atomic mass is 9.92. The molecule has 0 aromatic carbocycles. The highest BCUT2D eigenvalue weighted by Crippen LogP contribution is 2.39. The molecule has 0 bridgehead atoms. The average molecular weight is 436 g/mol. The highest BCUT2D eigenvalue weighted by atomic mass is 127. The third-order valence-corrected chi connectivity index (χ3v) is 10.2. The van der Waals surface area contributed by atoms with Crippen molar-refractivity contribution in [1.82, 2.24) is 0 Å². The Morgan fingerprint density at radius 2 is 1.59 bits per heavy atom. The van der Waals surface area contributed by atoms with Crippen molar-refractivity contribution in [3.05, 3.63) is 21.3 Å². The highest BCUT2D eigenvalue weighted by Gasteiger charge is 2.41. The molecule has 0 spiro atoms. The summed E-state index contributed by atoms with van der Waals surface area (Å²) < 4.78 is 8.66. The molecule has 0 aliphatic heterocycles. The van der Waals surface area contributed by atoms with Crippen LogP contribution in [0.3, 0.4) is 0 Å². The number of carbonyl (C=O) groups excluding carboxylic acids is 1. The molecular weight excluding hydrogens is 403 g/mol. The fourth-order valence-corrected chi connectivity index (χ4v) is 3.95. The molecule has 0 aromatic rings. The van der Waals surface area contributed by atoms with Gasteiger partial charge < -0.3 is 9.22 Å². The maximum absolute atomic E-state index is 11.4. The van der Waals surface area contributed by atoms with E-state index in [2.05, 4.69) is 87.4 Å². The first-order valence-electron chi connectivity index (χ1n) is 7.96. The minimum atomic E-state index is -1.90. The van der Waals surface area contributed by atoms with Crippen molar-refractivity contribution in [2.45, 2.75) is 72.7 Å². The largest absolute Gasteiger partial charge is 0.413 e. The minimum Gasteiger partial charge on any atom is -0.413 e. The van der Waals surface area contributed by atoms with Crippen LogP contribution < -0.4 is 0 Å². The lowest BCUT2D eigenvalue weighted by Crippen LogP contribution is -2.47. The van der Waals surface area contributed by atoms with Gasteiger partial charge in [0, 0.05) is 11.8 Å². The van der Waals surface area contributed by atoms with Crippen LogP contribution in [0.25, 0.3) is 0 Å². The van der Waals surface area contributed by atoms with Gasteiger partial charge >= 0.3 is 0 Å². The van der Waals surface area contributed by atoms with Crippen molar-refractivity contribution in [3.63, 3.8) is 0 Å². The molecule has 0 aliphatic carbocycles. The fraction of sp³-hybridized carbons (Fsp3) is 0.722. The van der Waals surface area contributed by atoms with Crippen LogP contribution in [0.2, 0.25) is 18.1 Å². The summed E-state index contributed by atoms with van der Waals surface area (Å²) in [6, 6.07) is 0. The minimum absolute atomic E-state index is 0.0599. The predicted octanol–water partition coefficient (Wildman–Crippen LogP) is 6.13. The van der Waals surface area contributed by atoms with Gasteiger partial charge in [0.2, 0.25) is 0 Å². The second-order valence-electron chi connectivity index (χ2n) is 7.84. The fourth-order valence-electron chi connectivity index (χ4n) is 1.99. The first kappa shape index (κ1) is 22.1. The van der Waals surface area contributed by atoms with Gasteiger partial charge in [-0.25, -0.2) is 0 Å². The molecule has 0 heterocycles. The Morgan fingerprint density at radius 1 is 1.09 bits per heavy atom. The molecule has 0 unspecified atom stereocenters. The van der Waals surface area contributed by atoms with E-state index in [1.54, 1.807) is 0 Å². The van der Waals surface area contributed by atoms with Gasteiger partial charge in [0.15, 0.2) is 8.32 Å². The Bertz CT molecular complexity index is 433. The lowest BCUT2D eigenvalue weighted by molar-refractivity contribution is -0.113. The van der Waals surface area contributed by atoms with E-state index in [-0.39, 0.29) is 23.0 Å². The Balaban J connectivity index is 5.45. The van der Waals surface area contributed by atoms with Crippen LogP contribution in [0.15, 0.2) is 21.3 Å². The topological polar surface area (TPSA) is 26.3 Å². The molecule has 2 nitrogen and oxygen atoms in total. The number of aldehydes is 1. The summed E-state index contributed by atoms with van der Waals surface area (Å²) in [5.74, 6) is 0.109. The van der Waals surface area contributed by atoms with E-state index in [9.17, 15) is 4.79 Å². The van der Waals surface area contributed by atoms with E-state index >= 15 is 0 Å². The first-order valence-corrected chi connectivity index (χ1v) is 12.1. The molecule has 0 aliphatic rings. The van der Waals surface area contributed by atoms with Gasteiger partial charge in [0.25, 0.3) is 0 Å². The summed E-state index contributed by atoms with van der Waals surface area (Å²) in [6.07, 6.45) is 3.20. The van der Waals surface area contributed by atoms with E-state index in [0.29, 0.717) is 0 Å². The molecule has 3 atom stereocenters. The van der Waals surface area contributed by atoms with E-state index in [0.717, 1.165) is 6.29 Å². The number of carbonyl (C=O) groups is 1. The van der Waals surface area contributed by atoms with Crippen molar-refractivity contribution >= 4 is 37.2 Å². The van der Waals surface area contributed by atoms with Crippen molar-refractivity contribution in [3.8, 4) is 0 Å². The van der Waals surface area contributed by atoms with Crippen molar-refractivity contribution in [2.24, 2.45) is 11.8 Å². The third-order valence-electron chi connectivity index (χ3n) is 4.79. The molecule has 0 amide bonds. The van der Waals surface area contributed by atoms with Gasteiger partial charge in [-0.1, -0.05) is 68.9 Å². The molecule has 0 saturated heterocycles. The van der Waals surface area contributed by atoms with Crippen LogP contribution in [0, 0.1) is 11.8 Å². The molecule has 0 N–H and O–H groups in total. The first-order chi connectivity index (χ1) is 9.87. The predicted molar refractivity (Wildman–Crippen MR) is 108 cm³/mol. The summed E-state index contributed by atoms with van der Waals surface area (Å²) >= 11 is 2.26. The molecule has 0 saturated carbocycles. The van der Waals surface area contributed by atoms with Crippen LogP contribution in [-0.4, -0.2) is 20.7 Å². The van der Waals surface area contributed by atoms with Crippen molar-refractivity contribution in [1.29, 1.82) is 0 Å². The van der Waals surface area contributed by atoms with Gasteiger partial charge in [-0.3, -0.25) is 0 Å². The second kappa shape index (κ2) is 8.78. The molecule has 22 heavy (non-hydrogen) atoms. The lowest BCUT2D eigenvalue weighted by Gasteiger charge is -2.41. The number of halogens is 1. The summed E-state index contributed by atoms with van der Waals surface area (Å²) in [5, 5.41) is 0.143. The molecule has 0 radical (unpaired) electrons. The van der Waals surface area contributed by atoms with Gasteiger partial charge in [-0.2, -0.15) is 0 Å². The second-order valence-corrected chi connectivity index (χ2v) is 13.2. The van der Waals surface area contributed by atoms with Crippen LogP contribution >= 0.6 is 22.6 Å². The van der Waals surface area contributed by atoms with Gasteiger partial charge in [-0.15, -0.1) is 0 Å². The molecular formula is C18H33IO2Si. The standard InChI is InChI=1S/C18H33IO2Si/c1-13(15(3)11-19)10-14(2)17(16(4)12-20)21-22(8,9)18(5,6)7/h10-12,14,16-17H,1-9H3/b13-10+,15-11+/t14-,16+,17-/m0/s1. The third kappa shape index (κ3) is 6.28. The Morgan fingerprint density at radius 3 is 1.95 bits per heavy atom. The molecule has 0 aromatic heterocycles. The summed E-state index contributed by atoms with van der Waals surface area (Å²) in [6.45, 7) is 19.5. The van der Waals surface area contributed by atoms with Crippen LogP contribution in [0.1, 0.15) is 48.5 Å². The van der Waals surface area contributed by atoms with Gasteiger partial charge in [-0.05, 0) is 41.6 Å². The molecule has 128 valence electrons. The monoisotopic (exact) mass is 436 g/mol. The van der Waals surface area contributed by atoms with Gasteiger partial charge in [0.1, 0.15) is 6.29 Å². The summed E-state index contributed by atoms with van der Waals surface area (Å²) in [5.41, 5.74) is 2.51. The van der Waals surface area contributed by atoms with E-state index in [1.165, 1.54) is 11.1 Å². The zero-order valence-corrected chi connectivity index (χ0v) is 18.8. The van der Waals surface area contributed by atoms with Crippen molar-refractivity contribution < 1.29 is 9.22 Å². The summed E-state index contributed by atoms with van der Waals surface area (Å²) in [7, 11) is -1.90. The van der Waals surface area contributed by atoms with Crippen LogP contribution in [-0.2, 0) is 9.22 Å². The maximum Gasteiger partial charge on any atom is 0.192 e. The Hall–Kier alpha value is 0.0569. The average Bonchev–Trinajstić information content (AvgIpc) is 2.41. The Labute approximate surface area is 152 Å². The number of hydrogen-bond acceptors (Lipinski definition) is 2. The van der Waals surface area contributed by atoms with E-state index < -0.39 is 8.32 Å². The van der Waals surface area contributed by atoms with E-state index in [4.69, 9.17) is 4.43 Å². The quantitative estimate of drug-likeness (QED) is 0.208. The van der Waals surface area contributed by atoms with E-state index in [1.807, 2.05) is 6.92 Å².